The predicted molar refractivity (Wildman–Crippen MR) is 136 cm³/mol. The number of aliphatic hydroxyl groups is 1. The van der Waals surface area contributed by atoms with E-state index >= 15 is 0 Å². The van der Waals surface area contributed by atoms with Crippen molar-refractivity contribution in [3.63, 3.8) is 0 Å². The molecule has 0 bridgehead atoms. The van der Waals surface area contributed by atoms with Crippen LogP contribution in [0.25, 0.3) is 16.5 Å². The molecule has 0 radical (unpaired) electrons. The monoisotopic (exact) mass is 483 g/mol. The van der Waals surface area contributed by atoms with Crippen molar-refractivity contribution in [3.05, 3.63) is 118 Å². The molecule has 5 rings (SSSR count). The van der Waals surface area contributed by atoms with Crippen molar-refractivity contribution in [3.8, 4) is 5.75 Å². The molecular formula is C29H22ClNO4. The average Bonchev–Trinajstić information content (AvgIpc) is 3.14. The summed E-state index contributed by atoms with van der Waals surface area (Å²) in [5.41, 5.74) is 2.08. The fourth-order valence-corrected chi connectivity index (χ4v) is 4.67. The van der Waals surface area contributed by atoms with Gasteiger partial charge in [0, 0.05) is 17.1 Å². The van der Waals surface area contributed by atoms with Gasteiger partial charge < -0.3 is 14.7 Å². The molecule has 1 aliphatic heterocycles. The summed E-state index contributed by atoms with van der Waals surface area (Å²) in [6.07, 6.45) is 0. The van der Waals surface area contributed by atoms with E-state index in [4.69, 9.17) is 16.3 Å². The van der Waals surface area contributed by atoms with Crippen LogP contribution in [-0.4, -0.2) is 28.8 Å². The van der Waals surface area contributed by atoms with E-state index < -0.39 is 17.7 Å². The number of benzene rings is 4. The van der Waals surface area contributed by atoms with E-state index in [9.17, 15) is 14.7 Å². The van der Waals surface area contributed by atoms with Crippen LogP contribution in [0.1, 0.15) is 22.7 Å². The molecule has 0 spiro atoms. The number of amides is 1. The second-order valence-electron chi connectivity index (χ2n) is 8.35. The summed E-state index contributed by atoms with van der Waals surface area (Å²) in [5, 5.41) is 13.7. The quantitative estimate of drug-likeness (QED) is 0.211. The van der Waals surface area contributed by atoms with Crippen LogP contribution in [0.4, 0.5) is 0 Å². The number of likely N-dealkylation sites (tertiary alicyclic amines) is 1. The number of ketones is 1. The van der Waals surface area contributed by atoms with Crippen molar-refractivity contribution in [1.29, 1.82) is 0 Å². The van der Waals surface area contributed by atoms with Gasteiger partial charge in [-0.2, -0.15) is 0 Å². The lowest BCUT2D eigenvalue weighted by atomic mass is 9.93. The van der Waals surface area contributed by atoms with Crippen LogP contribution in [0.5, 0.6) is 5.75 Å². The van der Waals surface area contributed by atoms with Crippen molar-refractivity contribution in [2.75, 3.05) is 7.11 Å². The third-order valence-corrected chi connectivity index (χ3v) is 6.53. The van der Waals surface area contributed by atoms with Gasteiger partial charge in [0.25, 0.3) is 11.7 Å². The molecule has 1 N–H and O–H groups in total. The van der Waals surface area contributed by atoms with E-state index in [-0.39, 0.29) is 17.9 Å². The highest BCUT2D eigenvalue weighted by atomic mass is 35.5. The number of carbonyl (C=O) groups excluding carboxylic acids is 2. The van der Waals surface area contributed by atoms with Gasteiger partial charge in [-0.25, -0.2) is 0 Å². The Morgan fingerprint density at radius 2 is 1.60 bits per heavy atom. The molecule has 1 aliphatic rings. The number of Topliss-reactive ketones (excluding diaryl/α,β-unsaturated/α-hetero) is 1. The van der Waals surface area contributed by atoms with Crippen LogP contribution in [0.3, 0.4) is 0 Å². The summed E-state index contributed by atoms with van der Waals surface area (Å²) < 4.78 is 5.22. The van der Waals surface area contributed by atoms with Crippen molar-refractivity contribution >= 4 is 39.8 Å². The molecule has 1 saturated heterocycles. The van der Waals surface area contributed by atoms with Gasteiger partial charge in [0.1, 0.15) is 11.5 Å². The van der Waals surface area contributed by atoms with E-state index in [1.807, 2.05) is 48.5 Å². The van der Waals surface area contributed by atoms with E-state index in [0.29, 0.717) is 21.9 Å². The summed E-state index contributed by atoms with van der Waals surface area (Å²) in [6, 6.07) is 26.6. The lowest BCUT2D eigenvalue weighted by molar-refractivity contribution is -0.140. The normalized spacial score (nSPS) is 17.2. The number of ether oxygens (including phenoxy) is 1. The molecule has 0 saturated carbocycles. The highest BCUT2D eigenvalue weighted by Crippen LogP contribution is 2.41. The first kappa shape index (κ1) is 22.7. The van der Waals surface area contributed by atoms with Gasteiger partial charge >= 0.3 is 0 Å². The van der Waals surface area contributed by atoms with Crippen LogP contribution in [0, 0.1) is 0 Å². The van der Waals surface area contributed by atoms with Crippen LogP contribution in [0.15, 0.2) is 96.6 Å². The van der Waals surface area contributed by atoms with Crippen LogP contribution >= 0.6 is 11.6 Å². The second-order valence-corrected chi connectivity index (χ2v) is 8.79. The van der Waals surface area contributed by atoms with E-state index in [1.165, 1.54) is 4.90 Å². The second kappa shape index (κ2) is 9.28. The predicted octanol–water partition coefficient (Wildman–Crippen LogP) is 6.12. The van der Waals surface area contributed by atoms with Crippen LogP contribution in [-0.2, 0) is 16.1 Å². The first-order valence-corrected chi connectivity index (χ1v) is 11.5. The minimum Gasteiger partial charge on any atom is -0.507 e. The van der Waals surface area contributed by atoms with Gasteiger partial charge in [-0.1, -0.05) is 78.3 Å². The molecule has 1 heterocycles. The molecule has 1 fully saturated rings. The Labute approximate surface area is 207 Å². The number of hydrogen-bond donors (Lipinski definition) is 1. The number of halogens is 1. The van der Waals surface area contributed by atoms with Gasteiger partial charge in [-0.15, -0.1) is 0 Å². The summed E-state index contributed by atoms with van der Waals surface area (Å²) in [4.78, 5) is 28.1. The Kier molecular flexibility index (Phi) is 6.01. The van der Waals surface area contributed by atoms with Crippen molar-refractivity contribution in [2.45, 2.75) is 12.6 Å². The zero-order valence-electron chi connectivity index (χ0n) is 18.9. The van der Waals surface area contributed by atoms with Crippen molar-refractivity contribution in [1.82, 2.24) is 4.90 Å². The maximum atomic E-state index is 13.4. The molecule has 6 heteroatoms. The van der Waals surface area contributed by atoms with Crippen LogP contribution in [0.2, 0.25) is 5.02 Å². The molecule has 4 aromatic rings. The summed E-state index contributed by atoms with van der Waals surface area (Å²) in [7, 11) is 1.58. The zero-order valence-corrected chi connectivity index (χ0v) is 19.7. The summed E-state index contributed by atoms with van der Waals surface area (Å²) in [6.45, 7) is 0.189. The Hall–Kier alpha value is -4.09. The molecular weight excluding hydrogens is 462 g/mol. The molecule has 0 aliphatic carbocycles. The number of nitrogens with zero attached hydrogens (tertiary/aromatic N) is 1. The summed E-state index contributed by atoms with van der Waals surface area (Å²) >= 11 is 6.11. The molecule has 1 atom stereocenters. The Morgan fingerprint density at radius 3 is 2.31 bits per heavy atom. The number of carbonyl (C=O) groups is 2. The molecule has 35 heavy (non-hydrogen) atoms. The summed E-state index contributed by atoms with van der Waals surface area (Å²) in [5.74, 6) is -0.884. The number of fused-ring (bicyclic) bond motifs is 1. The van der Waals surface area contributed by atoms with Crippen molar-refractivity contribution in [2.24, 2.45) is 0 Å². The average molecular weight is 484 g/mol. The largest absolute Gasteiger partial charge is 0.507 e. The highest BCUT2D eigenvalue weighted by Gasteiger charge is 2.46. The Bertz CT molecular complexity index is 1450. The molecule has 1 unspecified atom stereocenters. The maximum absolute atomic E-state index is 13.4. The number of aliphatic hydroxyl groups excluding tert-OH is 1. The lowest BCUT2D eigenvalue weighted by Gasteiger charge is -2.25. The Morgan fingerprint density at radius 1 is 0.914 bits per heavy atom. The third kappa shape index (κ3) is 4.15. The first-order valence-electron chi connectivity index (χ1n) is 11.1. The minimum atomic E-state index is -0.770. The van der Waals surface area contributed by atoms with Gasteiger partial charge in [0.15, 0.2) is 0 Å². The smallest absolute Gasteiger partial charge is 0.295 e. The van der Waals surface area contributed by atoms with Gasteiger partial charge in [0.05, 0.1) is 18.7 Å². The van der Waals surface area contributed by atoms with E-state index in [0.717, 1.165) is 16.3 Å². The standard InChI is InChI=1S/C29H22ClNO4/c1-35-22-15-9-18(10-16-22)17-31-26(20-11-13-21(30)14-12-20)25(28(33)29(31)34)27(32)24-8-4-6-19-5-2-3-7-23(19)24/h2-16,26,32H,17H2,1H3/b27-25-. The van der Waals surface area contributed by atoms with Crippen LogP contribution < -0.4 is 4.74 Å². The van der Waals surface area contributed by atoms with Gasteiger partial charge in [0.2, 0.25) is 0 Å². The molecule has 174 valence electrons. The molecule has 1 amide bonds. The number of hydrogen-bond acceptors (Lipinski definition) is 4. The maximum Gasteiger partial charge on any atom is 0.295 e. The SMILES string of the molecule is COc1ccc(CN2C(=O)C(=O)/C(=C(\O)c3cccc4ccccc34)C2c2ccc(Cl)cc2)cc1. The topological polar surface area (TPSA) is 66.8 Å². The highest BCUT2D eigenvalue weighted by molar-refractivity contribution is 6.46. The van der Waals surface area contributed by atoms with Gasteiger partial charge in [-0.3, -0.25) is 9.59 Å². The zero-order chi connectivity index (χ0) is 24.5. The van der Waals surface area contributed by atoms with E-state index in [1.54, 1.807) is 49.6 Å². The number of rotatable bonds is 5. The Balaban J connectivity index is 1.67. The van der Waals surface area contributed by atoms with Crippen molar-refractivity contribution < 1.29 is 19.4 Å². The lowest BCUT2D eigenvalue weighted by Crippen LogP contribution is -2.29. The van der Waals surface area contributed by atoms with Gasteiger partial charge in [-0.05, 0) is 46.2 Å². The molecule has 5 nitrogen and oxygen atoms in total. The molecule has 0 aromatic heterocycles. The first-order chi connectivity index (χ1) is 17.0. The fourth-order valence-electron chi connectivity index (χ4n) is 4.54. The van der Waals surface area contributed by atoms with E-state index in [2.05, 4.69) is 0 Å². The third-order valence-electron chi connectivity index (χ3n) is 6.28. The minimum absolute atomic E-state index is 0.0576. The number of methoxy groups -OCH3 is 1. The molecule has 4 aromatic carbocycles. The fraction of sp³-hybridized carbons (Fsp3) is 0.103.